The van der Waals surface area contributed by atoms with E-state index in [-0.39, 0.29) is 5.41 Å². The molecule has 0 aliphatic heterocycles. The van der Waals surface area contributed by atoms with Crippen LogP contribution in [0.15, 0.2) is 12.1 Å². The van der Waals surface area contributed by atoms with Gasteiger partial charge in [0, 0.05) is 16.8 Å². The van der Waals surface area contributed by atoms with Crippen LogP contribution in [0, 0.1) is 6.92 Å². The predicted molar refractivity (Wildman–Crippen MR) is 61.8 cm³/mol. The number of nitrogens with zero attached hydrogens (tertiary/aromatic N) is 1. The molecule has 0 aromatic carbocycles. The van der Waals surface area contributed by atoms with Crippen LogP contribution in [-0.2, 0) is 5.41 Å². The zero-order chi connectivity index (χ0) is 10.9. The summed E-state index contributed by atoms with van der Waals surface area (Å²) in [5.41, 5.74) is 3.88. The lowest BCUT2D eigenvalue weighted by atomic mass is 9.85. The Morgan fingerprint density at radius 2 is 1.71 bits per heavy atom. The summed E-state index contributed by atoms with van der Waals surface area (Å²) in [5.74, 6) is 0.553. The van der Waals surface area contributed by atoms with Crippen molar-refractivity contribution in [2.45, 2.75) is 52.9 Å². The molecule has 14 heavy (non-hydrogen) atoms. The lowest BCUT2D eigenvalue weighted by molar-refractivity contribution is 0.553. The van der Waals surface area contributed by atoms with E-state index in [1.165, 1.54) is 11.3 Å². The van der Waals surface area contributed by atoms with Crippen molar-refractivity contribution in [3.05, 3.63) is 29.1 Å². The van der Waals surface area contributed by atoms with Crippen molar-refractivity contribution in [3.8, 4) is 0 Å². The van der Waals surface area contributed by atoms with Crippen LogP contribution < -0.4 is 0 Å². The second-order valence-electron chi connectivity index (χ2n) is 5.30. The average Bonchev–Trinajstić information content (AvgIpc) is 2.01. The van der Waals surface area contributed by atoms with Gasteiger partial charge < -0.3 is 0 Å². The van der Waals surface area contributed by atoms with Crippen LogP contribution in [0.5, 0.6) is 0 Å². The standard InChI is InChI=1S/C13H21N/c1-9(2)11-8-7-10(3)14-12(11)13(4,5)6/h7-9H,1-6H3. The molecule has 1 nitrogen and oxygen atoms in total. The summed E-state index contributed by atoms with van der Waals surface area (Å²) in [6.07, 6.45) is 0. The van der Waals surface area contributed by atoms with Crippen LogP contribution >= 0.6 is 0 Å². The van der Waals surface area contributed by atoms with Gasteiger partial charge in [-0.15, -0.1) is 0 Å². The summed E-state index contributed by atoms with van der Waals surface area (Å²) in [7, 11) is 0. The highest BCUT2D eigenvalue weighted by Gasteiger charge is 2.20. The van der Waals surface area contributed by atoms with E-state index in [0.717, 1.165) is 5.69 Å². The molecule has 78 valence electrons. The maximum Gasteiger partial charge on any atom is 0.0494 e. The molecule has 1 rings (SSSR count). The highest BCUT2D eigenvalue weighted by molar-refractivity contribution is 5.30. The van der Waals surface area contributed by atoms with Gasteiger partial charge in [-0.3, -0.25) is 4.98 Å². The molecule has 0 saturated carbocycles. The lowest BCUT2D eigenvalue weighted by Crippen LogP contribution is -2.17. The molecular weight excluding hydrogens is 170 g/mol. The van der Waals surface area contributed by atoms with Gasteiger partial charge in [0.25, 0.3) is 0 Å². The van der Waals surface area contributed by atoms with Gasteiger partial charge >= 0.3 is 0 Å². The number of hydrogen-bond donors (Lipinski definition) is 0. The van der Waals surface area contributed by atoms with E-state index >= 15 is 0 Å². The topological polar surface area (TPSA) is 12.9 Å². The molecule has 0 amide bonds. The van der Waals surface area contributed by atoms with Gasteiger partial charge in [0.2, 0.25) is 0 Å². The van der Waals surface area contributed by atoms with Crippen molar-refractivity contribution in [2.24, 2.45) is 0 Å². The third-order valence-electron chi connectivity index (χ3n) is 2.40. The first-order valence-corrected chi connectivity index (χ1v) is 5.30. The summed E-state index contributed by atoms with van der Waals surface area (Å²) in [4.78, 5) is 4.67. The highest BCUT2D eigenvalue weighted by atomic mass is 14.7. The Hall–Kier alpha value is -0.850. The van der Waals surface area contributed by atoms with Crippen LogP contribution in [0.3, 0.4) is 0 Å². The van der Waals surface area contributed by atoms with Crippen molar-refractivity contribution in [3.63, 3.8) is 0 Å². The predicted octanol–water partition coefficient (Wildman–Crippen LogP) is 3.81. The molecule has 0 spiro atoms. The van der Waals surface area contributed by atoms with Crippen LogP contribution in [0.25, 0.3) is 0 Å². The Labute approximate surface area is 87.6 Å². The van der Waals surface area contributed by atoms with Crippen molar-refractivity contribution < 1.29 is 0 Å². The van der Waals surface area contributed by atoms with E-state index in [2.05, 4.69) is 58.7 Å². The van der Waals surface area contributed by atoms with E-state index in [0.29, 0.717) is 5.92 Å². The molecule has 0 aliphatic rings. The fourth-order valence-corrected chi connectivity index (χ4v) is 1.63. The molecule has 0 atom stereocenters. The van der Waals surface area contributed by atoms with Gasteiger partial charge in [-0.1, -0.05) is 40.7 Å². The van der Waals surface area contributed by atoms with Gasteiger partial charge in [0.1, 0.15) is 0 Å². The first-order valence-electron chi connectivity index (χ1n) is 5.30. The molecule has 0 radical (unpaired) electrons. The van der Waals surface area contributed by atoms with Crippen molar-refractivity contribution in [1.82, 2.24) is 4.98 Å². The van der Waals surface area contributed by atoms with Crippen LogP contribution in [0.2, 0.25) is 0 Å². The summed E-state index contributed by atoms with van der Waals surface area (Å²) < 4.78 is 0. The minimum absolute atomic E-state index is 0.144. The zero-order valence-electron chi connectivity index (χ0n) is 10.2. The molecule has 0 fully saturated rings. The number of rotatable bonds is 1. The summed E-state index contributed by atoms with van der Waals surface area (Å²) in [6.45, 7) is 13.2. The average molecular weight is 191 g/mol. The monoisotopic (exact) mass is 191 g/mol. The van der Waals surface area contributed by atoms with E-state index in [1.54, 1.807) is 0 Å². The Morgan fingerprint density at radius 3 is 2.14 bits per heavy atom. The third kappa shape index (κ3) is 2.34. The first kappa shape index (κ1) is 11.2. The second-order valence-corrected chi connectivity index (χ2v) is 5.30. The second kappa shape index (κ2) is 3.72. The minimum atomic E-state index is 0.144. The van der Waals surface area contributed by atoms with Gasteiger partial charge in [0.15, 0.2) is 0 Å². The van der Waals surface area contributed by atoms with Crippen LogP contribution in [0.4, 0.5) is 0 Å². The smallest absolute Gasteiger partial charge is 0.0494 e. The summed E-state index contributed by atoms with van der Waals surface area (Å²) >= 11 is 0. The Kier molecular flexibility index (Phi) is 2.98. The van der Waals surface area contributed by atoms with E-state index in [1.807, 2.05) is 0 Å². The van der Waals surface area contributed by atoms with E-state index in [9.17, 15) is 0 Å². The van der Waals surface area contributed by atoms with Gasteiger partial charge in [-0.2, -0.15) is 0 Å². The molecule has 0 unspecified atom stereocenters. The maximum atomic E-state index is 4.67. The molecule has 1 heterocycles. The SMILES string of the molecule is Cc1ccc(C(C)C)c(C(C)(C)C)n1. The van der Waals surface area contributed by atoms with Crippen molar-refractivity contribution in [2.75, 3.05) is 0 Å². The zero-order valence-corrected chi connectivity index (χ0v) is 10.2. The third-order valence-corrected chi connectivity index (χ3v) is 2.40. The molecule has 0 bridgehead atoms. The van der Waals surface area contributed by atoms with Gasteiger partial charge in [-0.25, -0.2) is 0 Å². The molecule has 0 N–H and O–H groups in total. The number of pyridine rings is 1. The quantitative estimate of drug-likeness (QED) is 0.657. The highest BCUT2D eigenvalue weighted by Crippen LogP contribution is 2.28. The van der Waals surface area contributed by atoms with Gasteiger partial charge in [0.05, 0.1) is 0 Å². The minimum Gasteiger partial charge on any atom is -0.257 e. The van der Waals surface area contributed by atoms with Gasteiger partial charge in [-0.05, 0) is 24.5 Å². The fourth-order valence-electron chi connectivity index (χ4n) is 1.63. The first-order chi connectivity index (χ1) is 6.32. The maximum absolute atomic E-state index is 4.67. The Balaban J connectivity index is 3.30. The van der Waals surface area contributed by atoms with E-state index < -0.39 is 0 Å². The Bertz CT molecular complexity index is 318. The number of hydrogen-bond acceptors (Lipinski definition) is 1. The summed E-state index contributed by atoms with van der Waals surface area (Å²) in [5, 5.41) is 0. The lowest BCUT2D eigenvalue weighted by Gasteiger charge is -2.23. The molecule has 0 aliphatic carbocycles. The largest absolute Gasteiger partial charge is 0.257 e. The number of aryl methyl sites for hydroxylation is 1. The fraction of sp³-hybridized carbons (Fsp3) is 0.615. The van der Waals surface area contributed by atoms with Crippen LogP contribution in [0.1, 0.15) is 57.5 Å². The molecule has 1 aromatic rings. The molecular formula is C13H21N. The molecule has 1 heteroatoms. The molecule has 0 saturated heterocycles. The molecule has 1 aromatic heterocycles. The van der Waals surface area contributed by atoms with E-state index in [4.69, 9.17) is 0 Å². The van der Waals surface area contributed by atoms with Crippen LogP contribution in [-0.4, -0.2) is 4.98 Å². The van der Waals surface area contributed by atoms with Crippen molar-refractivity contribution in [1.29, 1.82) is 0 Å². The normalized spacial score (nSPS) is 12.2. The summed E-state index contributed by atoms with van der Waals surface area (Å²) in [6, 6.07) is 4.32. The Morgan fingerprint density at radius 1 is 1.14 bits per heavy atom. The number of aromatic nitrogens is 1. The van der Waals surface area contributed by atoms with Crippen molar-refractivity contribution >= 4 is 0 Å².